The molecule has 0 aliphatic heterocycles. The molecule has 2 aromatic rings. The molecule has 116 valence electrons. The van der Waals surface area contributed by atoms with Crippen molar-refractivity contribution in [3.05, 3.63) is 64.1 Å². The topological polar surface area (TPSA) is 45.7 Å². The van der Waals surface area contributed by atoms with E-state index in [1.807, 2.05) is 30.3 Å². The zero-order chi connectivity index (χ0) is 15.8. The van der Waals surface area contributed by atoms with Crippen molar-refractivity contribution in [1.29, 1.82) is 0 Å². The van der Waals surface area contributed by atoms with E-state index in [0.717, 1.165) is 28.3 Å². The Morgan fingerprint density at radius 3 is 2.36 bits per heavy atom. The van der Waals surface area contributed by atoms with Gasteiger partial charge < -0.3 is 15.4 Å². The van der Waals surface area contributed by atoms with Crippen LogP contribution in [-0.4, -0.2) is 20.1 Å². The van der Waals surface area contributed by atoms with Crippen molar-refractivity contribution < 1.29 is 4.74 Å². The Balaban J connectivity index is 1.85. The molecule has 0 saturated heterocycles. The summed E-state index contributed by atoms with van der Waals surface area (Å²) < 4.78 is 6.31. The number of benzene rings is 2. The van der Waals surface area contributed by atoms with Crippen LogP contribution in [0, 0.1) is 0 Å². The summed E-state index contributed by atoms with van der Waals surface area (Å²) in [6, 6.07) is 16.2. The summed E-state index contributed by atoms with van der Waals surface area (Å²) in [4.78, 5) is 4.23. The molecular formula is C17H20BrN3O. The van der Waals surface area contributed by atoms with Gasteiger partial charge in [0.2, 0.25) is 0 Å². The van der Waals surface area contributed by atoms with Crippen molar-refractivity contribution in [2.75, 3.05) is 14.2 Å². The molecule has 0 aliphatic rings. The average Bonchev–Trinajstić information content (AvgIpc) is 2.57. The van der Waals surface area contributed by atoms with E-state index in [1.165, 1.54) is 5.56 Å². The number of hydrogen-bond donors (Lipinski definition) is 2. The molecule has 0 unspecified atom stereocenters. The van der Waals surface area contributed by atoms with Gasteiger partial charge in [0, 0.05) is 24.6 Å². The van der Waals surface area contributed by atoms with Gasteiger partial charge in [-0.25, -0.2) is 0 Å². The molecule has 22 heavy (non-hydrogen) atoms. The maximum Gasteiger partial charge on any atom is 0.191 e. The van der Waals surface area contributed by atoms with Gasteiger partial charge in [0.1, 0.15) is 5.75 Å². The molecule has 4 nitrogen and oxygen atoms in total. The number of aliphatic imine (C=N–C) groups is 1. The van der Waals surface area contributed by atoms with Crippen LogP contribution in [0.1, 0.15) is 11.1 Å². The molecule has 2 N–H and O–H groups in total. The molecule has 2 rings (SSSR count). The zero-order valence-electron chi connectivity index (χ0n) is 12.8. The van der Waals surface area contributed by atoms with Crippen molar-refractivity contribution in [3.8, 4) is 5.75 Å². The molecule has 0 bridgehead atoms. The highest BCUT2D eigenvalue weighted by atomic mass is 79.9. The summed E-state index contributed by atoms with van der Waals surface area (Å²) >= 11 is 3.43. The van der Waals surface area contributed by atoms with Crippen LogP contribution in [-0.2, 0) is 13.1 Å². The molecule has 0 aromatic heterocycles. The van der Waals surface area contributed by atoms with E-state index in [-0.39, 0.29) is 0 Å². The van der Waals surface area contributed by atoms with Crippen LogP contribution in [0.4, 0.5) is 0 Å². The van der Waals surface area contributed by atoms with Crippen molar-refractivity contribution in [1.82, 2.24) is 10.6 Å². The molecular weight excluding hydrogens is 342 g/mol. The van der Waals surface area contributed by atoms with E-state index in [9.17, 15) is 0 Å². The second kappa shape index (κ2) is 8.44. The van der Waals surface area contributed by atoms with E-state index in [4.69, 9.17) is 4.74 Å². The first-order valence-electron chi connectivity index (χ1n) is 7.03. The number of methoxy groups -OCH3 is 1. The van der Waals surface area contributed by atoms with Gasteiger partial charge in [0.15, 0.2) is 5.96 Å². The minimum absolute atomic E-state index is 0.692. The predicted octanol–water partition coefficient (Wildman–Crippen LogP) is 3.32. The fraction of sp³-hybridized carbons (Fsp3) is 0.235. The van der Waals surface area contributed by atoms with Crippen LogP contribution >= 0.6 is 15.9 Å². The molecule has 0 amide bonds. The van der Waals surface area contributed by atoms with Crippen LogP contribution in [0.25, 0.3) is 0 Å². The van der Waals surface area contributed by atoms with Crippen LogP contribution in [0.2, 0.25) is 0 Å². The van der Waals surface area contributed by atoms with Crippen molar-refractivity contribution in [2.24, 2.45) is 4.99 Å². The SMILES string of the molecule is CN=C(NCc1ccc(Br)cc1)NCc1cccc(OC)c1. The Morgan fingerprint density at radius 2 is 1.73 bits per heavy atom. The minimum Gasteiger partial charge on any atom is -0.497 e. The highest BCUT2D eigenvalue weighted by Crippen LogP contribution is 2.12. The molecule has 0 spiro atoms. The smallest absolute Gasteiger partial charge is 0.191 e. The van der Waals surface area contributed by atoms with E-state index in [1.54, 1.807) is 14.2 Å². The highest BCUT2D eigenvalue weighted by Gasteiger charge is 2.00. The Kier molecular flexibility index (Phi) is 6.27. The van der Waals surface area contributed by atoms with Gasteiger partial charge >= 0.3 is 0 Å². The lowest BCUT2D eigenvalue weighted by atomic mass is 10.2. The normalized spacial score (nSPS) is 11.1. The van der Waals surface area contributed by atoms with E-state index in [0.29, 0.717) is 6.54 Å². The summed E-state index contributed by atoms with van der Waals surface area (Å²) in [6.45, 7) is 1.42. The third-order valence-corrected chi connectivity index (χ3v) is 3.72. The number of rotatable bonds is 5. The van der Waals surface area contributed by atoms with Crippen LogP contribution < -0.4 is 15.4 Å². The second-order valence-electron chi connectivity index (χ2n) is 4.76. The third kappa shape index (κ3) is 5.07. The number of guanidine groups is 1. The Morgan fingerprint density at radius 1 is 1.05 bits per heavy atom. The van der Waals surface area contributed by atoms with Gasteiger partial charge in [-0.1, -0.05) is 40.2 Å². The molecule has 0 aliphatic carbocycles. The number of nitrogens with zero attached hydrogens (tertiary/aromatic N) is 1. The van der Waals surface area contributed by atoms with Crippen LogP contribution in [0.5, 0.6) is 5.75 Å². The molecule has 0 atom stereocenters. The van der Waals surface area contributed by atoms with Crippen molar-refractivity contribution >= 4 is 21.9 Å². The molecule has 0 fully saturated rings. The fourth-order valence-electron chi connectivity index (χ4n) is 1.98. The molecule has 2 aromatic carbocycles. The zero-order valence-corrected chi connectivity index (χ0v) is 14.4. The maximum atomic E-state index is 5.23. The first kappa shape index (κ1) is 16.4. The molecule has 5 heteroatoms. The van der Waals surface area contributed by atoms with Crippen molar-refractivity contribution in [2.45, 2.75) is 13.1 Å². The standard InChI is InChI=1S/C17H20BrN3O/c1-19-17(20-11-13-6-8-15(18)9-7-13)21-12-14-4-3-5-16(10-14)22-2/h3-10H,11-12H2,1-2H3,(H2,19,20,21). The molecule has 0 saturated carbocycles. The van der Waals surface area contributed by atoms with Crippen molar-refractivity contribution in [3.63, 3.8) is 0 Å². The number of hydrogen-bond acceptors (Lipinski definition) is 2. The monoisotopic (exact) mass is 361 g/mol. The largest absolute Gasteiger partial charge is 0.497 e. The Hall–Kier alpha value is -2.01. The van der Waals surface area contributed by atoms with E-state index < -0.39 is 0 Å². The lowest BCUT2D eigenvalue weighted by molar-refractivity contribution is 0.414. The van der Waals surface area contributed by atoms with Gasteiger partial charge in [-0.3, -0.25) is 4.99 Å². The summed E-state index contributed by atoms with van der Waals surface area (Å²) in [7, 11) is 3.44. The fourth-order valence-corrected chi connectivity index (χ4v) is 2.24. The van der Waals surface area contributed by atoms with Gasteiger partial charge in [-0.2, -0.15) is 0 Å². The van der Waals surface area contributed by atoms with Crippen LogP contribution in [0.3, 0.4) is 0 Å². The average molecular weight is 362 g/mol. The summed E-state index contributed by atoms with van der Waals surface area (Å²) in [6.07, 6.45) is 0. The lowest BCUT2D eigenvalue weighted by Crippen LogP contribution is -2.36. The first-order valence-corrected chi connectivity index (χ1v) is 7.82. The summed E-state index contributed by atoms with van der Waals surface area (Å²) in [5.74, 6) is 1.63. The number of ether oxygens (including phenoxy) is 1. The number of halogens is 1. The van der Waals surface area contributed by atoms with Gasteiger partial charge in [0.25, 0.3) is 0 Å². The lowest BCUT2D eigenvalue weighted by Gasteiger charge is -2.12. The highest BCUT2D eigenvalue weighted by molar-refractivity contribution is 9.10. The van der Waals surface area contributed by atoms with Gasteiger partial charge in [-0.05, 0) is 35.4 Å². The van der Waals surface area contributed by atoms with Gasteiger partial charge in [-0.15, -0.1) is 0 Å². The number of nitrogens with one attached hydrogen (secondary N) is 2. The van der Waals surface area contributed by atoms with Crippen LogP contribution in [0.15, 0.2) is 58.0 Å². The summed E-state index contributed by atoms with van der Waals surface area (Å²) in [5.41, 5.74) is 2.35. The van der Waals surface area contributed by atoms with Gasteiger partial charge in [0.05, 0.1) is 7.11 Å². The molecule has 0 heterocycles. The molecule has 0 radical (unpaired) electrons. The Labute approximate surface area is 139 Å². The van der Waals surface area contributed by atoms with E-state index >= 15 is 0 Å². The Bertz CT molecular complexity index is 626. The predicted molar refractivity (Wildman–Crippen MR) is 94.2 cm³/mol. The first-order chi connectivity index (χ1) is 10.7. The summed E-state index contributed by atoms with van der Waals surface area (Å²) in [5, 5.41) is 6.59. The third-order valence-electron chi connectivity index (χ3n) is 3.19. The quantitative estimate of drug-likeness (QED) is 0.634. The second-order valence-corrected chi connectivity index (χ2v) is 5.67. The minimum atomic E-state index is 0.692. The maximum absolute atomic E-state index is 5.23. The van der Waals surface area contributed by atoms with E-state index in [2.05, 4.69) is 49.8 Å².